The number of likely N-dealkylation sites (N-methyl/N-ethyl adjacent to an activating group) is 1. The number of carbonyl (C=O) groups excluding carboxylic acids is 1. The van der Waals surface area contributed by atoms with E-state index in [0.29, 0.717) is 11.0 Å². The Kier molecular flexibility index (Phi) is 5.51. The van der Waals surface area contributed by atoms with E-state index >= 15 is 0 Å². The second-order valence-electron chi connectivity index (χ2n) is 5.01. The number of carbonyl (C=O) groups is 1. The van der Waals surface area contributed by atoms with Gasteiger partial charge in [0.05, 0.1) is 12.2 Å². The minimum atomic E-state index is -0.482. The minimum Gasteiger partial charge on any atom is -0.508 e. The lowest BCUT2D eigenvalue weighted by Gasteiger charge is -2.16. The maximum absolute atomic E-state index is 13.7. The van der Waals surface area contributed by atoms with Crippen LogP contribution in [0.25, 0.3) is 0 Å². The molecule has 2 aromatic rings. The molecule has 4 nitrogen and oxygen atoms in total. The molecule has 22 heavy (non-hydrogen) atoms. The number of hydrogen-bond donors (Lipinski definition) is 2. The van der Waals surface area contributed by atoms with E-state index in [1.54, 1.807) is 42.3 Å². The predicted octanol–water partition coefficient (Wildman–Crippen LogP) is 3.36. The molecule has 0 aliphatic heterocycles. The van der Waals surface area contributed by atoms with E-state index in [1.807, 2.05) is 0 Å². The maximum Gasteiger partial charge on any atom is 0.238 e. The molecule has 0 saturated carbocycles. The first-order valence-electron chi connectivity index (χ1n) is 6.65. The lowest BCUT2D eigenvalue weighted by atomic mass is 10.2. The molecule has 0 aromatic heterocycles. The molecule has 0 fully saturated rings. The average Bonchev–Trinajstić information content (AvgIpc) is 2.44. The number of halogens is 2. The second-order valence-corrected chi connectivity index (χ2v) is 5.93. The third-order valence-corrected chi connectivity index (χ3v) is 3.50. The zero-order valence-electron chi connectivity index (χ0n) is 12.0. The molecular weight excluding hydrogens is 351 g/mol. The fraction of sp³-hybridized carbons (Fsp3) is 0.188. The fourth-order valence-electron chi connectivity index (χ4n) is 1.99. The van der Waals surface area contributed by atoms with Gasteiger partial charge in [-0.2, -0.15) is 0 Å². The Labute approximate surface area is 136 Å². The highest BCUT2D eigenvalue weighted by atomic mass is 79.9. The van der Waals surface area contributed by atoms with Crippen molar-refractivity contribution in [3.63, 3.8) is 0 Å². The number of rotatable bonds is 5. The molecule has 1 amide bonds. The van der Waals surface area contributed by atoms with Crippen LogP contribution in [0.5, 0.6) is 5.75 Å². The smallest absolute Gasteiger partial charge is 0.238 e. The van der Waals surface area contributed by atoms with E-state index in [9.17, 15) is 14.3 Å². The summed E-state index contributed by atoms with van der Waals surface area (Å²) < 4.78 is 14.3. The number of nitrogens with one attached hydrogen (secondary N) is 1. The van der Waals surface area contributed by atoms with Gasteiger partial charge in [0.15, 0.2) is 0 Å². The Bertz CT molecular complexity index is 662. The van der Waals surface area contributed by atoms with E-state index in [0.717, 1.165) is 5.56 Å². The molecule has 0 radical (unpaired) electrons. The summed E-state index contributed by atoms with van der Waals surface area (Å²) in [5.74, 6) is -0.568. The molecule has 2 N–H and O–H groups in total. The van der Waals surface area contributed by atoms with E-state index in [1.165, 1.54) is 12.1 Å². The molecule has 0 unspecified atom stereocenters. The minimum absolute atomic E-state index is 0.135. The number of hydrogen-bond acceptors (Lipinski definition) is 3. The van der Waals surface area contributed by atoms with Gasteiger partial charge in [-0.05, 0) is 42.9 Å². The summed E-state index contributed by atoms with van der Waals surface area (Å²) in [7, 11) is 1.80. The molecule has 116 valence electrons. The van der Waals surface area contributed by atoms with Gasteiger partial charge in [-0.3, -0.25) is 9.69 Å². The summed E-state index contributed by atoms with van der Waals surface area (Å²) in [5, 5.41) is 11.8. The lowest BCUT2D eigenvalue weighted by Crippen LogP contribution is -2.30. The predicted molar refractivity (Wildman–Crippen MR) is 87.2 cm³/mol. The number of benzene rings is 2. The van der Waals surface area contributed by atoms with Crippen molar-refractivity contribution in [1.82, 2.24) is 4.90 Å². The highest BCUT2D eigenvalue weighted by molar-refractivity contribution is 9.10. The van der Waals surface area contributed by atoms with Gasteiger partial charge in [0.2, 0.25) is 5.91 Å². The molecule has 0 spiro atoms. The van der Waals surface area contributed by atoms with Gasteiger partial charge >= 0.3 is 0 Å². The summed E-state index contributed by atoms with van der Waals surface area (Å²) >= 11 is 3.17. The second kappa shape index (κ2) is 7.38. The topological polar surface area (TPSA) is 52.6 Å². The van der Waals surface area contributed by atoms with Crippen molar-refractivity contribution in [2.24, 2.45) is 0 Å². The number of aromatic hydroxyl groups is 1. The van der Waals surface area contributed by atoms with Crippen LogP contribution >= 0.6 is 15.9 Å². The molecule has 2 aromatic carbocycles. The fourth-order valence-corrected chi connectivity index (χ4v) is 2.33. The summed E-state index contributed by atoms with van der Waals surface area (Å²) in [4.78, 5) is 13.7. The zero-order chi connectivity index (χ0) is 16.1. The molecular formula is C16H16BrFN2O2. The van der Waals surface area contributed by atoms with Crippen molar-refractivity contribution < 1.29 is 14.3 Å². The Hall–Kier alpha value is -1.92. The van der Waals surface area contributed by atoms with E-state index in [-0.39, 0.29) is 23.9 Å². The van der Waals surface area contributed by atoms with Gasteiger partial charge in [0.1, 0.15) is 11.6 Å². The third kappa shape index (κ3) is 4.82. The SMILES string of the molecule is CN(CC(=O)Nc1ccc(Br)cc1F)Cc1ccc(O)cc1. The van der Waals surface area contributed by atoms with Crippen LogP contribution in [0.4, 0.5) is 10.1 Å². The third-order valence-electron chi connectivity index (χ3n) is 3.01. The van der Waals surface area contributed by atoms with Crippen molar-refractivity contribution in [3.8, 4) is 5.75 Å². The molecule has 0 saturated heterocycles. The quantitative estimate of drug-likeness (QED) is 0.852. The molecule has 0 aliphatic rings. The summed E-state index contributed by atoms with van der Waals surface area (Å²) in [6, 6.07) is 11.3. The van der Waals surface area contributed by atoms with Crippen LogP contribution in [-0.2, 0) is 11.3 Å². The molecule has 0 bridgehead atoms. The van der Waals surface area contributed by atoms with Crippen LogP contribution < -0.4 is 5.32 Å². The van der Waals surface area contributed by atoms with Gasteiger partial charge in [-0.25, -0.2) is 4.39 Å². The number of nitrogens with zero attached hydrogens (tertiary/aromatic N) is 1. The average molecular weight is 367 g/mol. The van der Waals surface area contributed by atoms with Crippen molar-refractivity contribution >= 4 is 27.5 Å². The standard InChI is InChI=1S/C16H16BrFN2O2/c1-20(9-11-2-5-13(21)6-3-11)10-16(22)19-15-7-4-12(17)8-14(15)18/h2-8,21H,9-10H2,1H3,(H,19,22). The molecule has 0 heterocycles. The molecule has 6 heteroatoms. The summed E-state index contributed by atoms with van der Waals surface area (Å²) in [6.45, 7) is 0.687. The van der Waals surface area contributed by atoms with Crippen molar-refractivity contribution in [2.45, 2.75) is 6.54 Å². The molecule has 0 aliphatic carbocycles. The van der Waals surface area contributed by atoms with Crippen LogP contribution in [0.1, 0.15) is 5.56 Å². The lowest BCUT2D eigenvalue weighted by molar-refractivity contribution is -0.117. The van der Waals surface area contributed by atoms with Gasteiger partial charge in [-0.15, -0.1) is 0 Å². The normalized spacial score (nSPS) is 10.7. The van der Waals surface area contributed by atoms with E-state index in [2.05, 4.69) is 21.2 Å². The van der Waals surface area contributed by atoms with Gasteiger partial charge < -0.3 is 10.4 Å². The molecule has 2 rings (SSSR count). The summed E-state index contributed by atoms with van der Waals surface area (Å²) in [6.07, 6.45) is 0. The van der Waals surface area contributed by atoms with Gasteiger partial charge in [-0.1, -0.05) is 28.1 Å². The van der Waals surface area contributed by atoms with Gasteiger partial charge in [0.25, 0.3) is 0 Å². The highest BCUT2D eigenvalue weighted by Gasteiger charge is 2.10. The van der Waals surface area contributed by atoms with Crippen LogP contribution in [0.2, 0.25) is 0 Å². The van der Waals surface area contributed by atoms with Crippen LogP contribution in [-0.4, -0.2) is 29.5 Å². The maximum atomic E-state index is 13.7. The van der Waals surface area contributed by atoms with Crippen LogP contribution in [0.15, 0.2) is 46.9 Å². The van der Waals surface area contributed by atoms with Crippen molar-refractivity contribution in [3.05, 3.63) is 58.3 Å². The van der Waals surface area contributed by atoms with Crippen LogP contribution in [0, 0.1) is 5.82 Å². The first kappa shape index (κ1) is 16.5. The Morgan fingerprint density at radius 1 is 1.27 bits per heavy atom. The zero-order valence-corrected chi connectivity index (χ0v) is 13.6. The monoisotopic (exact) mass is 366 g/mol. The number of phenols is 1. The van der Waals surface area contributed by atoms with Crippen molar-refractivity contribution in [1.29, 1.82) is 0 Å². The summed E-state index contributed by atoms with van der Waals surface area (Å²) in [5.41, 5.74) is 1.13. The number of amides is 1. The number of anilines is 1. The number of phenolic OH excluding ortho intramolecular Hbond substituents is 1. The Morgan fingerprint density at radius 3 is 2.59 bits per heavy atom. The highest BCUT2D eigenvalue weighted by Crippen LogP contribution is 2.19. The largest absolute Gasteiger partial charge is 0.508 e. The molecule has 0 atom stereocenters. The van der Waals surface area contributed by atoms with Crippen molar-refractivity contribution in [2.75, 3.05) is 18.9 Å². The first-order chi connectivity index (χ1) is 10.4. The van der Waals surface area contributed by atoms with E-state index < -0.39 is 5.82 Å². The Morgan fingerprint density at radius 2 is 1.95 bits per heavy atom. The van der Waals surface area contributed by atoms with Crippen LogP contribution in [0.3, 0.4) is 0 Å². The Balaban J connectivity index is 1.89. The van der Waals surface area contributed by atoms with E-state index in [4.69, 9.17) is 0 Å². The van der Waals surface area contributed by atoms with Gasteiger partial charge in [0, 0.05) is 11.0 Å². The first-order valence-corrected chi connectivity index (χ1v) is 7.44.